The van der Waals surface area contributed by atoms with Gasteiger partial charge in [0, 0.05) is 24.8 Å². The Bertz CT molecular complexity index is 504. The molecule has 0 saturated carbocycles. The number of allylic oxidation sites excluding steroid dienone is 2. The molecule has 0 radical (unpaired) electrons. The lowest BCUT2D eigenvalue weighted by molar-refractivity contribution is -0.896. The van der Waals surface area contributed by atoms with Gasteiger partial charge < -0.3 is 9.80 Å². The summed E-state index contributed by atoms with van der Waals surface area (Å²) in [5.41, 5.74) is 0.344. The van der Waals surface area contributed by atoms with Crippen LogP contribution in [-0.2, 0) is 4.79 Å². The highest BCUT2D eigenvalue weighted by Crippen LogP contribution is 2.18. The van der Waals surface area contributed by atoms with E-state index in [1.54, 1.807) is 0 Å². The molecule has 0 unspecified atom stereocenters. The van der Waals surface area contributed by atoms with Crippen molar-refractivity contribution in [2.24, 2.45) is 5.41 Å². The molecule has 1 amide bonds. The SMILES string of the molecule is CCCCCCCC/C=C\CCCCCCCCCCCC(=O)NCCC[N+](C)(C)CC(C)(C)C. The average Bonchev–Trinajstić information content (AvgIpc) is 2.76. The van der Waals surface area contributed by atoms with Crippen LogP contribution in [-0.4, -0.2) is 44.1 Å². The molecule has 3 nitrogen and oxygen atoms in total. The summed E-state index contributed by atoms with van der Waals surface area (Å²) in [6.45, 7) is 12.3. The van der Waals surface area contributed by atoms with E-state index in [1.165, 1.54) is 103 Å². The summed E-state index contributed by atoms with van der Waals surface area (Å²) in [5, 5.41) is 3.12. The number of carbonyl (C=O) groups excluding carboxylic acids is 1. The second kappa shape index (κ2) is 22.4. The Hall–Kier alpha value is -0.830. The van der Waals surface area contributed by atoms with E-state index in [9.17, 15) is 4.79 Å². The van der Waals surface area contributed by atoms with Crippen LogP contribution in [0.5, 0.6) is 0 Å². The van der Waals surface area contributed by atoms with Gasteiger partial charge in [-0.15, -0.1) is 0 Å². The van der Waals surface area contributed by atoms with Crippen molar-refractivity contribution in [1.82, 2.24) is 5.32 Å². The Morgan fingerprint density at radius 3 is 1.63 bits per heavy atom. The minimum atomic E-state index is 0.243. The van der Waals surface area contributed by atoms with Crippen LogP contribution in [0.15, 0.2) is 12.2 Å². The van der Waals surface area contributed by atoms with Gasteiger partial charge in [0.2, 0.25) is 5.91 Å². The van der Waals surface area contributed by atoms with Crippen LogP contribution in [0.3, 0.4) is 0 Å². The lowest BCUT2D eigenvalue weighted by atomic mass is 9.95. The first-order valence-electron chi connectivity index (χ1n) is 15.4. The molecule has 0 rings (SSSR count). The molecule has 0 spiro atoms. The summed E-state index contributed by atoms with van der Waals surface area (Å²) in [4.78, 5) is 12.1. The number of unbranched alkanes of at least 4 members (excludes halogenated alkanes) is 15. The highest BCUT2D eigenvalue weighted by atomic mass is 16.1. The summed E-state index contributed by atoms with van der Waals surface area (Å²) in [6.07, 6.45) is 29.3. The fourth-order valence-electron chi connectivity index (χ4n) is 5.25. The van der Waals surface area contributed by atoms with E-state index in [2.05, 4.69) is 59.3 Å². The fourth-order valence-corrected chi connectivity index (χ4v) is 5.25. The molecule has 0 aliphatic heterocycles. The molecule has 0 heterocycles. The Kier molecular flexibility index (Phi) is 21.8. The first kappa shape index (κ1) is 34.2. The number of carbonyl (C=O) groups is 1. The lowest BCUT2D eigenvalue weighted by Gasteiger charge is -2.35. The molecule has 0 saturated heterocycles. The van der Waals surface area contributed by atoms with Gasteiger partial charge in [0.05, 0.1) is 27.2 Å². The number of nitrogens with one attached hydrogen (secondary N) is 1. The summed E-state index contributed by atoms with van der Waals surface area (Å²) in [7, 11) is 4.59. The predicted molar refractivity (Wildman–Crippen MR) is 157 cm³/mol. The van der Waals surface area contributed by atoms with Gasteiger partial charge in [0.25, 0.3) is 0 Å². The number of hydrogen-bond donors (Lipinski definition) is 1. The Morgan fingerprint density at radius 1 is 0.686 bits per heavy atom. The Labute approximate surface area is 221 Å². The van der Waals surface area contributed by atoms with Gasteiger partial charge in [-0.2, -0.15) is 0 Å². The zero-order valence-corrected chi connectivity index (χ0v) is 25.1. The van der Waals surface area contributed by atoms with Crippen molar-refractivity contribution >= 4 is 5.91 Å². The van der Waals surface area contributed by atoms with Gasteiger partial charge in [-0.05, 0) is 32.1 Å². The van der Waals surface area contributed by atoms with Crippen LogP contribution in [0.2, 0.25) is 0 Å². The van der Waals surface area contributed by atoms with Crippen LogP contribution in [0.25, 0.3) is 0 Å². The highest BCUT2D eigenvalue weighted by molar-refractivity contribution is 5.75. The van der Waals surface area contributed by atoms with Gasteiger partial charge in [-0.25, -0.2) is 0 Å². The van der Waals surface area contributed by atoms with Crippen molar-refractivity contribution in [2.45, 2.75) is 150 Å². The highest BCUT2D eigenvalue weighted by Gasteiger charge is 2.23. The van der Waals surface area contributed by atoms with Gasteiger partial charge >= 0.3 is 0 Å². The third-order valence-electron chi connectivity index (χ3n) is 6.83. The van der Waals surface area contributed by atoms with Crippen molar-refractivity contribution in [3.8, 4) is 0 Å². The van der Waals surface area contributed by atoms with Crippen molar-refractivity contribution in [1.29, 1.82) is 0 Å². The van der Waals surface area contributed by atoms with E-state index < -0.39 is 0 Å². The molecule has 0 aromatic rings. The number of quaternary nitrogens is 1. The molecule has 0 aliphatic rings. The van der Waals surface area contributed by atoms with Crippen molar-refractivity contribution in [3.05, 3.63) is 12.2 Å². The van der Waals surface area contributed by atoms with Crippen molar-refractivity contribution in [3.63, 3.8) is 0 Å². The number of amides is 1. The quantitative estimate of drug-likeness (QED) is 0.0810. The minimum Gasteiger partial charge on any atom is -0.356 e. The fraction of sp³-hybridized carbons (Fsp3) is 0.906. The second-order valence-electron chi connectivity index (χ2n) is 12.8. The molecule has 0 aromatic carbocycles. The minimum absolute atomic E-state index is 0.243. The maximum absolute atomic E-state index is 12.1. The average molecular weight is 494 g/mol. The molecular formula is C32H65N2O+. The molecule has 0 aromatic heterocycles. The molecule has 0 bridgehead atoms. The molecule has 35 heavy (non-hydrogen) atoms. The van der Waals surface area contributed by atoms with Crippen LogP contribution in [0.1, 0.15) is 150 Å². The topological polar surface area (TPSA) is 29.1 Å². The van der Waals surface area contributed by atoms with Crippen LogP contribution in [0, 0.1) is 5.41 Å². The molecule has 208 valence electrons. The summed E-state index contributed by atoms with van der Waals surface area (Å²) >= 11 is 0. The first-order valence-corrected chi connectivity index (χ1v) is 15.4. The molecule has 1 N–H and O–H groups in total. The van der Waals surface area contributed by atoms with Gasteiger partial charge in [-0.1, -0.05) is 117 Å². The van der Waals surface area contributed by atoms with E-state index in [-0.39, 0.29) is 5.91 Å². The van der Waals surface area contributed by atoms with E-state index in [0.29, 0.717) is 11.8 Å². The molecular weight excluding hydrogens is 428 g/mol. The van der Waals surface area contributed by atoms with E-state index >= 15 is 0 Å². The smallest absolute Gasteiger partial charge is 0.219 e. The zero-order chi connectivity index (χ0) is 26.3. The Morgan fingerprint density at radius 2 is 1.14 bits per heavy atom. The van der Waals surface area contributed by atoms with Crippen molar-refractivity contribution < 1.29 is 9.28 Å². The number of rotatable bonds is 24. The third kappa shape index (κ3) is 27.6. The van der Waals surface area contributed by atoms with Gasteiger partial charge in [0.15, 0.2) is 0 Å². The van der Waals surface area contributed by atoms with Gasteiger partial charge in [0.1, 0.15) is 0 Å². The largest absolute Gasteiger partial charge is 0.356 e. The van der Waals surface area contributed by atoms with Gasteiger partial charge in [-0.3, -0.25) is 4.79 Å². The summed E-state index contributed by atoms with van der Waals surface area (Å²) < 4.78 is 1.02. The van der Waals surface area contributed by atoms with Crippen LogP contribution < -0.4 is 5.32 Å². The maximum atomic E-state index is 12.1. The molecule has 0 fully saturated rings. The maximum Gasteiger partial charge on any atom is 0.219 e. The monoisotopic (exact) mass is 494 g/mol. The van der Waals surface area contributed by atoms with E-state index in [1.807, 2.05) is 0 Å². The van der Waals surface area contributed by atoms with Crippen LogP contribution >= 0.6 is 0 Å². The van der Waals surface area contributed by atoms with E-state index in [0.717, 1.165) is 37.0 Å². The molecule has 0 aliphatic carbocycles. The summed E-state index contributed by atoms with van der Waals surface area (Å²) in [6, 6.07) is 0. The standard InChI is InChI=1S/C32H64N2O/c1-7-8-9-10-11-12-13-14-15-16-17-18-19-20-21-22-23-24-25-27-31(35)33-28-26-29-34(5,6)30-32(2,3)4/h14-15H,7-13,16-30H2,1-6H3/p+1/b15-14-. The van der Waals surface area contributed by atoms with E-state index in [4.69, 9.17) is 0 Å². The lowest BCUT2D eigenvalue weighted by Crippen LogP contribution is -2.47. The van der Waals surface area contributed by atoms with Crippen molar-refractivity contribution in [2.75, 3.05) is 33.7 Å². The number of hydrogen-bond acceptors (Lipinski definition) is 1. The molecule has 3 heteroatoms. The first-order chi connectivity index (χ1) is 16.7. The Balaban J connectivity index is 3.36. The summed E-state index contributed by atoms with van der Waals surface area (Å²) in [5.74, 6) is 0.243. The second-order valence-corrected chi connectivity index (χ2v) is 12.8. The van der Waals surface area contributed by atoms with Crippen LogP contribution in [0.4, 0.5) is 0 Å². The molecule has 0 atom stereocenters. The zero-order valence-electron chi connectivity index (χ0n) is 25.1. The normalized spacial score (nSPS) is 12.5. The number of nitrogens with zero attached hydrogens (tertiary/aromatic N) is 1. The predicted octanol–water partition coefficient (Wildman–Crippen LogP) is 9.21. The third-order valence-corrected chi connectivity index (χ3v) is 6.83.